The summed E-state index contributed by atoms with van der Waals surface area (Å²) in [6.07, 6.45) is 1.80. The highest BCUT2D eigenvalue weighted by Gasteiger charge is 2.27. The summed E-state index contributed by atoms with van der Waals surface area (Å²) in [7, 11) is 0. The van der Waals surface area contributed by atoms with Crippen molar-refractivity contribution in [3.8, 4) is 0 Å². The van der Waals surface area contributed by atoms with Gasteiger partial charge in [-0.1, -0.05) is 18.2 Å². The van der Waals surface area contributed by atoms with Crippen LogP contribution in [0.15, 0.2) is 58.1 Å². The quantitative estimate of drug-likeness (QED) is 0.461. The lowest BCUT2D eigenvalue weighted by Gasteiger charge is -2.23. The highest BCUT2D eigenvalue weighted by molar-refractivity contribution is 5.83. The maximum atomic E-state index is 10.7. The Kier molecular flexibility index (Phi) is 5.76. The van der Waals surface area contributed by atoms with Crippen LogP contribution in [0.4, 0.5) is 0 Å². The number of aromatic nitrogens is 1. The zero-order valence-corrected chi connectivity index (χ0v) is 16.0. The van der Waals surface area contributed by atoms with Gasteiger partial charge in [-0.15, -0.1) is 0 Å². The van der Waals surface area contributed by atoms with E-state index in [1.807, 2.05) is 44.2 Å². The summed E-state index contributed by atoms with van der Waals surface area (Å²) < 4.78 is 5.56. The lowest BCUT2D eigenvalue weighted by Crippen LogP contribution is -2.44. The van der Waals surface area contributed by atoms with Crippen LogP contribution in [-0.2, 0) is 12.1 Å². The zero-order valence-electron chi connectivity index (χ0n) is 16.0. The number of hydrogen-bond donors (Lipinski definition) is 3. The first-order valence-corrected chi connectivity index (χ1v) is 9.13. The Hall–Kier alpha value is -2.86. The monoisotopic (exact) mass is 366 g/mol. The number of aryl methyl sites for hydroxylation is 1. The SMILES string of the molecule is CCNC(=NCc1ccnc2ccccc12)NCC(C)(O)c1ccc(C)o1. The Morgan fingerprint density at radius 3 is 2.74 bits per heavy atom. The Balaban J connectivity index is 1.73. The molecule has 0 amide bonds. The van der Waals surface area contributed by atoms with Crippen LogP contribution in [0.25, 0.3) is 10.9 Å². The molecule has 0 aliphatic carbocycles. The van der Waals surface area contributed by atoms with Gasteiger partial charge in [-0.25, -0.2) is 4.99 Å². The van der Waals surface area contributed by atoms with Crippen LogP contribution in [0, 0.1) is 6.92 Å². The number of nitrogens with one attached hydrogen (secondary N) is 2. The molecule has 1 aromatic carbocycles. The molecular weight excluding hydrogens is 340 g/mol. The van der Waals surface area contributed by atoms with Crippen LogP contribution in [0.3, 0.4) is 0 Å². The van der Waals surface area contributed by atoms with Gasteiger partial charge in [-0.2, -0.15) is 0 Å². The summed E-state index contributed by atoms with van der Waals surface area (Å²) in [6.45, 7) is 7.11. The molecule has 3 N–H and O–H groups in total. The van der Waals surface area contributed by atoms with Crippen molar-refractivity contribution in [2.75, 3.05) is 13.1 Å². The lowest BCUT2D eigenvalue weighted by atomic mass is 10.0. The Morgan fingerprint density at radius 2 is 2.00 bits per heavy atom. The van der Waals surface area contributed by atoms with Crippen LogP contribution in [0.1, 0.15) is 30.9 Å². The second-order valence-electron chi connectivity index (χ2n) is 6.72. The predicted molar refractivity (Wildman–Crippen MR) is 108 cm³/mol. The van der Waals surface area contributed by atoms with Crippen molar-refractivity contribution >= 4 is 16.9 Å². The maximum Gasteiger partial charge on any atom is 0.191 e. The second kappa shape index (κ2) is 8.22. The normalized spacial score (nSPS) is 14.1. The van der Waals surface area contributed by atoms with Gasteiger partial charge in [0.05, 0.1) is 18.6 Å². The molecule has 0 aliphatic rings. The third-order valence-corrected chi connectivity index (χ3v) is 4.36. The van der Waals surface area contributed by atoms with Crippen molar-refractivity contribution in [1.29, 1.82) is 0 Å². The summed E-state index contributed by atoms with van der Waals surface area (Å²) in [5.74, 6) is 1.95. The molecule has 3 aromatic rings. The van der Waals surface area contributed by atoms with E-state index in [0.29, 0.717) is 18.3 Å². The largest absolute Gasteiger partial charge is 0.463 e. The van der Waals surface area contributed by atoms with E-state index in [0.717, 1.165) is 28.8 Å². The second-order valence-corrected chi connectivity index (χ2v) is 6.72. The minimum atomic E-state index is -1.13. The summed E-state index contributed by atoms with van der Waals surface area (Å²) in [6, 6.07) is 13.7. The van der Waals surface area contributed by atoms with Crippen molar-refractivity contribution in [2.24, 2.45) is 4.99 Å². The summed E-state index contributed by atoms with van der Waals surface area (Å²) in [4.78, 5) is 9.05. The molecule has 6 nitrogen and oxygen atoms in total. The number of hydrogen-bond acceptors (Lipinski definition) is 4. The Bertz CT molecular complexity index is 925. The molecule has 6 heteroatoms. The van der Waals surface area contributed by atoms with Crippen molar-refractivity contribution in [3.05, 3.63) is 65.7 Å². The van der Waals surface area contributed by atoms with Gasteiger partial charge in [0.15, 0.2) is 5.96 Å². The minimum absolute atomic E-state index is 0.281. The molecule has 2 aromatic heterocycles. The van der Waals surface area contributed by atoms with Crippen molar-refractivity contribution in [3.63, 3.8) is 0 Å². The van der Waals surface area contributed by atoms with Crippen LogP contribution in [0.2, 0.25) is 0 Å². The van der Waals surface area contributed by atoms with E-state index < -0.39 is 5.60 Å². The lowest BCUT2D eigenvalue weighted by molar-refractivity contribution is 0.0378. The first kappa shape index (κ1) is 18.9. The smallest absolute Gasteiger partial charge is 0.191 e. The first-order valence-electron chi connectivity index (χ1n) is 9.13. The average Bonchev–Trinajstić information content (AvgIpc) is 3.11. The summed E-state index contributed by atoms with van der Waals surface area (Å²) in [5.41, 5.74) is 0.930. The molecule has 3 rings (SSSR count). The van der Waals surface area contributed by atoms with Crippen LogP contribution < -0.4 is 10.6 Å². The Labute approximate surface area is 159 Å². The molecule has 0 bridgehead atoms. The third kappa shape index (κ3) is 4.65. The topological polar surface area (TPSA) is 82.7 Å². The van der Waals surface area contributed by atoms with Gasteiger partial charge in [0.25, 0.3) is 0 Å². The van der Waals surface area contributed by atoms with Crippen molar-refractivity contribution in [1.82, 2.24) is 15.6 Å². The van der Waals surface area contributed by atoms with E-state index in [-0.39, 0.29) is 6.54 Å². The molecule has 0 saturated carbocycles. The fourth-order valence-electron chi connectivity index (χ4n) is 2.87. The molecule has 1 unspecified atom stereocenters. The van der Waals surface area contributed by atoms with Gasteiger partial charge < -0.3 is 20.2 Å². The molecule has 0 fully saturated rings. The molecule has 1 atom stereocenters. The molecular formula is C21H26N4O2. The van der Waals surface area contributed by atoms with Gasteiger partial charge in [-0.05, 0) is 50.6 Å². The third-order valence-electron chi connectivity index (χ3n) is 4.36. The molecule has 0 saturated heterocycles. The van der Waals surface area contributed by atoms with E-state index in [2.05, 4.69) is 26.7 Å². The zero-order chi connectivity index (χ0) is 19.3. The number of para-hydroxylation sites is 1. The molecule has 0 spiro atoms. The fraction of sp³-hybridized carbons (Fsp3) is 0.333. The fourth-order valence-corrected chi connectivity index (χ4v) is 2.87. The van der Waals surface area contributed by atoms with Crippen LogP contribution >= 0.6 is 0 Å². The highest BCUT2D eigenvalue weighted by atomic mass is 16.4. The number of nitrogens with zero attached hydrogens (tertiary/aromatic N) is 2. The maximum absolute atomic E-state index is 10.7. The molecule has 0 radical (unpaired) electrons. The number of aliphatic imine (C=N–C) groups is 1. The minimum Gasteiger partial charge on any atom is -0.463 e. The van der Waals surface area contributed by atoms with E-state index in [1.54, 1.807) is 19.2 Å². The number of benzene rings is 1. The van der Waals surface area contributed by atoms with Gasteiger partial charge in [0.2, 0.25) is 0 Å². The van der Waals surface area contributed by atoms with Crippen LogP contribution in [-0.4, -0.2) is 29.1 Å². The van der Waals surface area contributed by atoms with Crippen LogP contribution in [0.5, 0.6) is 0 Å². The average molecular weight is 366 g/mol. The van der Waals surface area contributed by atoms with Gasteiger partial charge in [0.1, 0.15) is 17.1 Å². The summed E-state index contributed by atoms with van der Waals surface area (Å²) >= 11 is 0. The molecule has 2 heterocycles. The number of furan rings is 1. The number of aliphatic hydroxyl groups is 1. The standard InChI is InChI=1S/C21H26N4O2/c1-4-22-20(25-14-21(3,26)19-10-9-15(2)27-19)24-13-16-11-12-23-18-8-6-5-7-17(16)18/h5-12,26H,4,13-14H2,1-3H3,(H2,22,24,25). The number of fused-ring (bicyclic) bond motifs is 1. The van der Waals surface area contributed by atoms with Gasteiger partial charge in [0, 0.05) is 18.1 Å². The number of guanidine groups is 1. The predicted octanol–water partition coefficient (Wildman–Crippen LogP) is 3.10. The Morgan fingerprint density at radius 1 is 1.19 bits per heavy atom. The summed E-state index contributed by atoms with van der Waals surface area (Å²) in [5, 5.41) is 18.2. The molecule has 27 heavy (non-hydrogen) atoms. The molecule has 0 aliphatic heterocycles. The molecule has 142 valence electrons. The number of pyridine rings is 1. The van der Waals surface area contributed by atoms with Gasteiger partial charge >= 0.3 is 0 Å². The first-order chi connectivity index (χ1) is 13.0. The number of rotatable bonds is 6. The van der Waals surface area contributed by atoms with E-state index in [1.165, 1.54) is 0 Å². The highest BCUT2D eigenvalue weighted by Crippen LogP contribution is 2.22. The van der Waals surface area contributed by atoms with Gasteiger partial charge in [-0.3, -0.25) is 4.98 Å². The van der Waals surface area contributed by atoms with Crippen molar-refractivity contribution < 1.29 is 9.52 Å². The van der Waals surface area contributed by atoms with E-state index >= 15 is 0 Å². The van der Waals surface area contributed by atoms with Crippen molar-refractivity contribution in [2.45, 2.75) is 32.9 Å². The van der Waals surface area contributed by atoms with E-state index in [4.69, 9.17) is 4.42 Å². The van der Waals surface area contributed by atoms with E-state index in [9.17, 15) is 5.11 Å².